The summed E-state index contributed by atoms with van der Waals surface area (Å²) < 4.78 is 59.4. The van der Waals surface area contributed by atoms with Crippen molar-refractivity contribution in [2.45, 2.75) is 44.6 Å². The third-order valence-corrected chi connectivity index (χ3v) is 9.18. The number of alkyl halides is 3. The predicted molar refractivity (Wildman–Crippen MR) is 143 cm³/mol. The number of amides is 1. The number of rotatable bonds is 9. The van der Waals surface area contributed by atoms with E-state index in [4.69, 9.17) is 4.74 Å². The van der Waals surface area contributed by atoms with Gasteiger partial charge in [0.2, 0.25) is 5.95 Å². The normalized spacial score (nSPS) is 13.8. The van der Waals surface area contributed by atoms with Crippen LogP contribution in [0.3, 0.4) is 0 Å². The van der Waals surface area contributed by atoms with E-state index in [1.165, 1.54) is 36.3 Å². The molecule has 1 aliphatic rings. The van der Waals surface area contributed by atoms with E-state index in [1.54, 1.807) is 33.0 Å². The Hall–Kier alpha value is -3.67. The van der Waals surface area contributed by atoms with Crippen LogP contribution in [0.2, 0.25) is 0 Å². The van der Waals surface area contributed by atoms with Crippen molar-refractivity contribution in [1.82, 2.24) is 14.9 Å². The van der Waals surface area contributed by atoms with Crippen LogP contribution < -0.4 is 15.4 Å². The third-order valence-electron chi connectivity index (χ3n) is 7.18. The van der Waals surface area contributed by atoms with Crippen molar-refractivity contribution >= 4 is 36.6 Å². The topological polar surface area (TPSA) is 137 Å². The van der Waals surface area contributed by atoms with Crippen LogP contribution in [0.4, 0.5) is 36.3 Å². The number of methoxy groups -OCH3 is 1. The number of anilines is 4. The summed E-state index contributed by atoms with van der Waals surface area (Å²) in [4.78, 5) is 42.2. The minimum atomic E-state index is -4.79. The van der Waals surface area contributed by atoms with Gasteiger partial charge in [0.05, 0.1) is 29.2 Å². The zero-order valence-electron chi connectivity index (χ0n) is 22.2. The molecular formula is C26H29F3N5O5P. The van der Waals surface area contributed by atoms with Crippen LogP contribution in [-0.4, -0.2) is 44.7 Å². The maximum absolute atomic E-state index is 13.9. The molecule has 14 heteroatoms. The molecular weight excluding hydrogens is 550 g/mol. The van der Waals surface area contributed by atoms with Gasteiger partial charge in [-0.1, -0.05) is 32.0 Å². The largest absolute Gasteiger partial charge is 0.495 e. The standard InChI is InChI=1S/C26H29F3N5O5P/c1-5-25(6-2,40(36,37)38)16-10-11-18(20(12-16)39-4)32-24-30-13-17(26(27,28)29)22(33-24)31-19-9-7-8-15-14-34(3)23(35)21(15)19/h7-13H,5-6,14H2,1-4H3,(H2,36,37,38)(H2,30,31,32,33). The molecule has 214 valence electrons. The quantitative estimate of drug-likeness (QED) is 0.233. The van der Waals surface area contributed by atoms with Gasteiger partial charge in [-0.15, -0.1) is 0 Å². The third kappa shape index (κ3) is 5.24. The molecule has 0 unspecified atom stereocenters. The molecule has 0 fully saturated rings. The van der Waals surface area contributed by atoms with Crippen LogP contribution in [0, 0.1) is 0 Å². The lowest BCUT2D eigenvalue weighted by atomic mass is 9.92. The molecule has 40 heavy (non-hydrogen) atoms. The van der Waals surface area contributed by atoms with E-state index in [9.17, 15) is 32.3 Å². The molecule has 0 saturated carbocycles. The molecule has 2 aromatic carbocycles. The first kappa shape index (κ1) is 29.3. The maximum atomic E-state index is 13.9. The second-order valence-electron chi connectivity index (χ2n) is 9.40. The van der Waals surface area contributed by atoms with E-state index in [-0.39, 0.29) is 47.4 Å². The van der Waals surface area contributed by atoms with Gasteiger partial charge in [-0.3, -0.25) is 9.36 Å². The van der Waals surface area contributed by atoms with Gasteiger partial charge in [0.1, 0.15) is 17.1 Å². The number of aromatic nitrogens is 2. The monoisotopic (exact) mass is 579 g/mol. The summed E-state index contributed by atoms with van der Waals surface area (Å²) in [6.45, 7) is 3.70. The molecule has 0 spiro atoms. The summed E-state index contributed by atoms with van der Waals surface area (Å²) in [5.41, 5.74) is 0.612. The van der Waals surface area contributed by atoms with Crippen molar-refractivity contribution in [3.05, 3.63) is 64.8 Å². The summed E-state index contributed by atoms with van der Waals surface area (Å²) in [6.07, 6.45) is -3.82. The van der Waals surface area contributed by atoms with Gasteiger partial charge < -0.3 is 30.1 Å². The van der Waals surface area contributed by atoms with Crippen LogP contribution in [0.25, 0.3) is 0 Å². The summed E-state index contributed by atoms with van der Waals surface area (Å²) in [5, 5.41) is 4.07. The lowest BCUT2D eigenvalue weighted by molar-refractivity contribution is -0.137. The van der Waals surface area contributed by atoms with Crippen molar-refractivity contribution < 1.29 is 37.1 Å². The fraction of sp³-hybridized carbons (Fsp3) is 0.346. The van der Waals surface area contributed by atoms with E-state index < -0.39 is 30.3 Å². The van der Waals surface area contributed by atoms with Crippen LogP contribution in [0.15, 0.2) is 42.6 Å². The fourth-order valence-corrected chi connectivity index (χ4v) is 6.22. The molecule has 0 aliphatic carbocycles. The Bertz CT molecular complexity index is 1490. The van der Waals surface area contributed by atoms with Gasteiger partial charge in [0.15, 0.2) is 0 Å². The molecule has 4 N–H and O–H groups in total. The molecule has 10 nitrogen and oxygen atoms in total. The molecule has 2 heterocycles. The van der Waals surface area contributed by atoms with Gasteiger partial charge in [0, 0.05) is 19.8 Å². The number of carbonyl (C=O) groups is 1. The number of hydrogen-bond donors (Lipinski definition) is 4. The summed E-state index contributed by atoms with van der Waals surface area (Å²) >= 11 is 0. The first-order valence-corrected chi connectivity index (χ1v) is 14.0. The van der Waals surface area contributed by atoms with Crippen LogP contribution in [0.5, 0.6) is 5.75 Å². The molecule has 4 rings (SSSR count). The Labute approximate surface area is 228 Å². The predicted octanol–water partition coefficient (Wildman–Crippen LogP) is 5.77. The zero-order valence-corrected chi connectivity index (χ0v) is 23.1. The Balaban J connectivity index is 1.73. The minimum Gasteiger partial charge on any atom is -0.495 e. The van der Waals surface area contributed by atoms with E-state index >= 15 is 0 Å². The Morgan fingerprint density at radius 2 is 1.80 bits per heavy atom. The number of nitrogens with one attached hydrogen (secondary N) is 2. The van der Waals surface area contributed by atoms with Gasteiger partial charge in [0.25, 0.3) is 5.91 Å². The number of carbonyl (C=O) groups excluding carboxylic acids is 1. The van der Waals surface area contributed by atoms with Gasteiger partial charge >= 0.3 is 13.8 Å². The first-order valence-electron chi connectivity index (χ1n) is 12.4. The lowest BCUT2D eigenvalue weighted by Crippen LogP contribution is -2.24. The number of hydrogen-bond acceptors (Lipinski definition) is 7. The van der Waals surface area contributed by atoms with E-state index in [0.29, 0.717) is 23.9 Å². The smallest absolute Gasteiger partial charge is 0.421 e. The van der Waals surface area contributed by atoms with Crippen molar-refractivity contribution in [2.24, 2.45) is 0 Å². The van der Waals surface area contributed by atoms with Crippen LogP contribution >= 0.6 is 7.60 Å². The number of ether oxygens (including phenoxy) is 1. The number of nitrogens with zero attached hydrogens (tertiary/aromatic N) is 3. The SMILES string of the molecule is CCC(CC)(c1ccc(Nc2ncc(C(F)(F)F)c(Nc3cccc4c3C(=O)N(C)C4)n2)c(OC)c1)P(=O)(O)O. The van der Waals surface area contributed by atoms with Crippen molar-refractivity contribution in [3.63, 3.8) is 0 Å². The van der Waals surface area contributed by atoms with Crippen molar-refractivity contribution in [2.75, 3.05) is 24.8 Å². The highest BCUT2D eigenvalue weighted by Gasteiger charge is 2.45. The van der Waals surface area contributed by atoms with Gasteiger partial charge in [-0.05, 0) is 42.2 Å². The van der Waals surface area contributed by atoms with E-state index in [2.05, 4.69) is 20.6 Å². The molecule has 3 aromatic rings. The van der Waals surface area contributed by atoms with Crippen molar-refractivity contribution in [3.8, 4) is 5.75 Å². The highest BCUT2D eigenvalue weighted by molar-refractivity contribution is 7.53. The Kier molecular flexibility index (Phi) is 7.85. The molecule has 1 aliphatic heterocycles. The summed E-state index contributed by atoms with van der Waals surface area (Å²) in [5.74, 6) is -0.905. The molecule has 0 atom stereocenters. The van der Waals surface area contributed by atoms with Crippen LogP contribution in [-0.2, 0) is 22.4 Å². The summed E-state index contributed by atoms with van der Waals surface area (Å²) in [6, 6.07) is 9.37. The zero-order chi connectivity index (χ0) is 29.5. The van der Waals surface area contributed by atoms with E-state index in [1.807, 2.05) is 0 Å². The molecule has 0 radical (unpaired) electrons. The fourth-order valence-electron chi connectivity index (χ4n) is 4.92. The average Bonchev–Trinajstić information content (AvgIpc) is 3.18. The van der Waals surface area contributed by atoms with Crippen molar-refractivity contribution in [1.29, 1.82) is 0 Å². The highest BCUT2D eigenvalue weighted by Crippen LogP contribution is 2.61. The maximum Gasteiger partial charge on any atom is 0.421 e. The second-order valence-corrected chi connectivity index (χ2v) is 11.3. The highest BCUT2D eigenvalue weighted by atomic mass is 31.2. The molecule has 1 aromatic heterocycles. The lowest BCUT2D eigenvalue weighted by Gasteiger charge is -2.33. The molecule has 0 saturated heterocycles. The number of halogens is 3. The molecule has 1 amide bonds. The first-order chi connectivity index (χ1) is 18.8. The molecule has 0 bridgehead atoms. The summed E-state index contributed by atoms with van der Waals surface area (Å²) in [7, 11) is -1.61. The van der Waals surface area contributed by atoms with Gasteiger partial charge in [-0.25, -0.2) is 4.98 Å². The Morgan fingerprint density at radius 1 is 1.10 bits per heavy atom. The second kappa shape index (κ2) is 10.7. The Morgan fingerprint density at radius 3 is 2.40 bits per heavy atom. The van der Waals surface area contributed by atoms with Gasteiger partial charge in [-0.2, -0.15) is 18.2 Å². The van der Waals surface area contributed by atoms with E-state index in [0.717, 1.165) is 0 Å². The number of fused-ring (bicyclic) bond motifs is 1. The van der Waals surface area contributed by atoms with Crippen LogP contribution in [0.1, 0.15) is 53.7 Å². The average molecular weight is 580 g/mol. The minimum absolute atomic E-state index is 0.169. The number of benzene rings is 2.